The molecule has 0 unspecified atom stereocenters. The second-order valence-corrected chi connectivity index (χ2v) is 7.07. The van der Waals surface area contributed by atoms with E-state index in [0.717, 1.165) is 36.7 Å². The molecule has 2 heterocycles. The van der Waals surface area contributed by atoms with Crippen LogP contribution in [0.3, 0.4) is 0 Å². The maximum Gasteiger partial charge on any atom is 0.227 e. The van der Waals surface area contributed by atoms with Gasteiger partial charge in [0, 0.05) is 36.7 Å². The summed E-state index contributed by atoms with van der Waals surface area (Å²) in [5.74, 6) is 0.205. The van der Waals surface area contributed by atoms with Gasteiger partial charge in [-0.1, -0.05) is 29.3 Å². The smallest absolute Gasteiger partial charge is 0.227 e. The third-order valence-electron chi connectivity index (χ3n) is 3.81. The predicted octanol–water partition coefficient (Wildman–Crippen LogP) is 3.95. The molecule has 0 spiro atoms. The van der Waals surface area contributed by atoms with E-state index < -0.39 is 0 Å². The molecule has 22 heavy (non-hydrogen) atoms. The number of halogens is 2. The Bertz CT molecular complexity index is 652. The van der Waals surface area contributed by atoms with E-state index in [1.807, 2.05) is 40.6 Å². The summed E-state index contributed by atoms with van der Waals surface area (Å²) >= 11 is 13.6. The summed E-state index contributed by atoms with van der Waals surface area (Å²) in [6, 6.07) is 9.65. The number of thiophene rings is 1. The monoisotopic (exact) mass is 354 g/mol. The van der Waals surface area contributed by atoms with Gasteiger partial charge < -0.3 is 9.80 Å². The number of nitrogens with zero attached hydrogens (tertiary/aromatic N) is 2. The van der Waals surface area contributed by atoms with E-state index in [0.29, 0.717) is 16.5 Å². The van der Waals surface area contributed by atoms with Crippen molar-refractivity contribution in [1.29, 1.82) is 0 Å². The van der Waals surface area contributed by atoms with Crippen molar-refractivity contribution in [3.8, 4) is 0 Å². The van der Waals surface area contributed by atoms with Gasteiger partial charge in [-0.05, 0) is 29.6 Å². The van der Waals surface area contributed by atoms with Crippen LogP contribution in [0.4, 0.5) is 5.69 Å². The van der Waals surface area contributed by atoms with E-state index in [2.05, 4.69) is 4.90 Å². The summed E-state index contributed by atoms with van der Waals surface area (Å²) in [4.78, 5) is 17.6. The predicted molar refractivity (Wildman–Crippen MR) is 93.3 cm³/mol. The average molecular weight is 355 g/mol. The highest BCUT2D eigenvalue weighted by Crippen LogP contribution is 2.27. The fourth-order valence-electron chi connectivity index (χ4n) is 2.57. The molecule has 1 amide bonds. The van der Waals surface area contributed by atoms with Gasteiger partial charge in [0.15, 0.2) is 0 Å². The SMILES string of the molecule is O=C(Cc1cccs1)N1CCN(c2ccc(Cl)c(Cl)c2)CC1. The number of amides is 1. The normalized spacial score (nSPS) is 15.2. The molecular weight excluding hydrogens is 339 g/mol. The quantitative estimate of drug-likeness (QED) is 0.833. The molecule has 0 atom stereocenters. The lowest BCUT2D eigenvalue weighted by atomic mass is 10.2. The lowest BCUT2D eigenvalue weighted by Crippen LogP contribution is -2.49. The van der Waals surface area contributed by atoms with Crippen molar-refractivity contribution in [2.75, 3.05) is 31.1 Å². The summed E-state index contributed by atoms with van der Waals surface area (Å²) in [5, 5.41) is 3.13. The maximum atomic E-state index is 12.3. The molecule has 1 aliphatic heterocycles. The largest absolute Gasteiger partial charge is 0.368 e. The minimum absolute atomic E-state index is 0.205. The van der Waals surface area contributed by atoms with Crippen molar-refractivity contribution in [3.05, 3.63) is 50.6 Å². The van der Waals surface area contributed by atoms with E-state index in [9.17, 15) is 4.79 Å². The van der Waals surface area contributed by atoms with Gasteiger partial charge in [-0.15, -0.1) is 11.3 Å². The molecule has 3 rings (SSSR count). The van der Waals surface area contributed by atoms with Gasteiger partial charge in [-0.2, -0.15) is 0 Å². The van der Waals surface area contributed by atoms with E-state index in [4.69, 9.17) is 23.2 Å². The summed E-state index contributed by atoms with van der Waals surface area (Å²) in [6.07, 6.45) is 0.504. The van der Waals surface area contributed by atoms with Gasteiger partial charge in [0.05, 0.1) is 16.5 Å². The first kappa shape index (κ1) is 15.7. The molecule has 6 heteroatoms. The van der Waals surface area contributed by atoms with E-state index in [1.54, 1.807) is 11.3 Å². The van der Waals surface area contributed by atoms with Crippen LogP contribution in [0.2, 0.25) is 10.0 Å². The van der Waals surface area contributed by atoms with Crippen molar-refractivity contribution in [1.82, 2.24) is 4.90 Å². The maximum absolute atomic E-state index is 12.3. The molecule has 0 aliphatic carbocycles. The van der Waals surface area contributed by atoms with Gasteiger partial charge in [-0.25, -0.2) is 0 Å². The van der Waals surface area contributed by atoms with Gasteiger partial charge >= 0.3 is 0 Å². The van der Waals surface area contributed by atoms with Gasteiger partial charge in [0.25, 0.3) is 0 Å². The van der Waals surface area contributed by atoms with Crippen LogP contribution in [0.5, 0.6) is 0 Å². The zero-order valence-corrected chi connectivity index (χ0v) is 14.3. The first-order valence-corrected chi connectivity index (χ1v) is 8.77. The molecule has 1 saturated heterocycles. The lowest BCUT2D eigenvalue weighted by molar-refractivity contribution is -0.130. The van der Waals surface area contributed by atoms with Gasteiger partial charge in [-0.3, -0.25) is 4.79 Å². The molecular formula is C16H16Cl2N2OS. The molecule has 1 aromatic carbocycles. The fourth-order valence-corrected chi connectivity index (χ4v) is 3.56. The van der Waals surface area contributed by atoms with Crippen LogP contribution in [0.15, 0.2) is 35.7 Å². The van der Waals surface area contributed by atoms with Crippen molar-refractivity contribution < 1.29 is 4.79 Å². The molecule has 1 aromatic heterocycles. The van der Waals surface area contributed by atoms with Crippen LogP contribution in [-0.2, 0) is 11.2 Å². The minimum Gasteiger partial charge on any atom is -0.368 e. The molecule has 116 valence electrons. The number of benzene rings is 1. The molecule has 3 nitrogen and oxygen atoms in total. The first-order valence-electron chi connectivity index (χ1n) is 7.13. The van der Waals surface area contributed by atoms with Crippen molar-refractivity contribution in [2.24, 2.45) is 0 Å². The highest BCUT2D eigenvalue weighted by Gasteiger charge is 2.21. The Morgan fingerprint density at radius 3 is 2.50 bits per heavy atom. The summed E-state index contributed by atoms with van der Waals surface area (Å²) < 4.78 is 0. The average Bonchev–Trinajstić information content (AvgIpc) is 3.03. The Balaban J connectivity index is 1.57. The number of hydrogen-bond donors (Lipinski definition) is 0. The standard InChI is InChI=1S/C16H16Cl2N2OS/c17-14-4-3-12(10-15(14)18)19-5-7-20(8-6-19)16(21)11-13-2-1-9-22-13/h1-4,9-10H,5-8,11H2. The zero-order chi connectivity index (χ0) is 15.5. The molecule has 1 fully saturated rings. The Labute approximate surface area is 144 Å². The lowest BCUT2D eigenvalue weighted by Gasteiger charge is -2.36. The van der Waals surface area contributed by atoms with Crippen molar-refractivity contribution in [2.45, 2.75) is 6.42 Å². The number of anilines is 1. The highest BCUT2D eigenvalue weighted by molar-refractivity contribution is 7.10. The van der Waals surface area contributed by atoms with Crippen LogP contribution < -0.4 is 4.90 Å². The molecule has 0 radical (unpaired) electrons. The summed E-state index contributed by atoms with van der Waals surface area (Å²) in [5.41, 5.74) is 1.06. The first-order chi connectivity index (χ1) is 10.6. The summed E-state index contributed by atoms with van der Waals surface area (Å²) in [6.45, 7) is 3.11. The molecule has 0 saturated carbocycles. The second-order valence-electron chi connectivity index (χ2n) is 5.22. The third-order valence-corrected chi connectivity index (χ3v) is 5.42. The van der Waals surface area contributed by atoms with Crippen LogP contribution in [-0.4, -0.2) is 37.0 Å². The van der Waals surface area contributed by atoms with Gasteiger partial charge in [0.1, 0.15) is 0 Å². The fraction of sp³-hybridized carbons (Fsp3) is 0.312. The highest BCUT2D eigenvalue weighted by atomic mass is 35.5. The molecule has 0 N–H and O–H groups in total. The van der Waals surface area contributed by atoms with E-state index in [-0.39, 0.29) is 5.91 Å². The topological polar surface area (TPSA) is 23.6 Å². The van der Waals surface area contributed by atoms with E-state index in [1.165, 1.54) is 0 Å². The molecule has 0 bridgehead atoms. The Morgan fingerprint density at radius 2 is 1.86 bits per heavy atom. The van der Waals surface area contributed by atoms with E-state index >= 15 is 0 Å². The number of carbonyl (C=O) groups is 1. The van der Waals surface area contributed by atoms with Crippen LogP contribution >= 0.6 is 34.5 Å². The zero-order valence-electron chi connectivity index (χ0n) is 12.0. The number of hydrogen-bond acceptors (Lipinski definition) is 3. The Hall–Kier alpha value is -1.23. The molecule has 1 aliphatic rings. The van der Waals surface area contributed by atoms with Crippen LogP contribution in [0, 0.1) is 0 Å². The molecule has 2 aromatic rings. The van der Waals surface area contributed by atoms with Crippen LogP contribution in [0.1, 0.15) is 4.88 Å². The third kappa shape index (κ3) is 3.57. The second kappa shape index (κ2) is 6.90. The number of carbonyl (C=O) groups excluding carboxylic acids is 1. The van der Waals surface area contributed by atoms with Crippen molar-refractivity contribution in [3.63, 3.8) is 0 Å². The number of rotatable bonds is 3. The minimum atomic E-state index is 0.205. The Morgan fingerprint density at radius 1 is 1.09 bits per heavy atom. The van der Waals surface area contributed by atoms with Crippen molar-refractivity contribution >= 4 is 46.1 Å². The van der Waals surface area contributed by atoms with Crippen LogP contribution in [0.25, 0.3) is 0 Å². The summed E-state index contributed by atoms with van der Waals surface area (Å²) in [7, 11) is 0. The Kier molecular flexibility index (Phi) is 4.91. The number of piperazine rings is 1. The van der Waals surface area contributed by atoms with Gasteiger partial charge in [0.2, 0.25) is 5.91 Å².